The fourth-order valence-corrected chi connectivity index (χ4v) is 2.66. The summed E-state index contributed by atoms with van der Waals surface area (Å²) in [5.74, 6) is -0.111. The number of carbonyl (C=O) groups excluding carboxylic acids is 2. The van der Waals surface area contributed by atoms with Crippen molar-refractivity contribution in [2.24, 2.45) is 0 Å². The molecule has 0 bridgehead atoms. The average Bonchev–Trinajstić information content (AvgIpc) is 2.90. The minimum absolute atomic E-state index is 0.111. The van der Waals surface area contributed by atoms with E-state index in [0.29, 0.717) is 32.7 Å². The number of ether oxygens (including phenoxy) is 2. The standard InChI is InChI=1S/C15H23N3O4/c1-15(2,3)22-14(20)18-10-11(16-4)9-12(18)13(19)17-5-7-21-8-6-17/h11-12H,5-10H2,1-3H3/t11-,12-/m0/s1. The smallest absolute Gasteiger partial charge is 0.411 e. The first-order valence-electron chi connectivity index (χ1n) is 7.54. The van der Waals surface area contributed by atoms with Gasteiger partial charge in [0.15, 0.2) is 0 Å². The highest BCUT2D eigenvalue weighted by molar-refractivity contribution is 5.86. The quantitative estimate of drug-likeness (QED) is 0.682. The van der Waals surface area contributed by atoms with Crippen LogP contribution in [-0.2, 0) is 14.3 Å². The van der Waals surface area contributed by atoms with Crippen LogP contribution in [0.3, 0.4) is 0 Å². The SMILES string of the molecule is [C-]#[N+][C@H]1C[C@@H](C(=O)N2CCOCC2)N(C(=O)OC(C)(C)C)C1. The van der Waals surface area contributed by atoms with Crippen LogP contribution in [0.2, 0.25) is 0 Å². The van der Waals surface area contributed by atoms with Gasteiger partial charge in [0, 0.05) is 13.1 Å². The molecule has 2 atom stereocenters. The topological polar surface area (TPSA) is 63.4 Å². The van der Waals surface area contributed by atoms with Gasteiger partial charge in [-0.1, -0.05) is 0 Å². The van der Waals surface area contributed by atoms with Crippen molar-refractivity contribution >= 4 is 12.0 Å². The first-order chi connectivity index (χ1) is 10.3. The summed E-state index contributed by atoms with van der Waals surface area (Å²) < 4.78 is 10.6. The Morgan fingerprint density at radius 1 is 1.27 bits per heavy atom. The monoisotopic (exact) mass is 309 g/mol. The highest BCUT2D eigenvalue weighted by Crippen LogP contribution is 2.25. The molecule has 22 heavy (non-hydrogen) atoms. The normalized spacial score (nSPS) is 25.7. The first kappa shape index (κ1) is 16.6. The van der Waals surface area contributed by atoms with E-state index in [1.807, 2.05) is 0 Å². The molecule has 0 N–H and O–H groups in total. The Hall–Kier alpha value is -1.81. The molecule has 2 aliphatic heterocycles. The summed E-state index contributed by atoms with van der Waals surface area (Å²) in [6.45, 7) is 14.9. The van der Waals surface area contributed by atoms with Gasteiger partial charge in [-0.15, -0.1) is 0 Å². The molecule has 2 rings (SSSR count). The summed E-state index contributed by atoms with van der Waals surface area (Å²) in [5, 5.41) is 0. The summed E-state index contributed by atoms with van der Waals surface area (Å²) >= 11 is 0. The molecule has 0 aliphatic carbocycles. The number of hydrogen-bond acceptors (Lipinski definition) is 4. The second kappa shape index (κ2) is 6.53. The number of likely N-dealkylation sites (tertiary alicyclic amines) is 1. The van der Waals surface area contributed by atoms with E-state index in [0.717, 1.165) is 0 Å². The molecule has 2 heterocycles. The lowest BCUT2D eigenvalue weighted by Gasteiger charge is -2.32. The number of rotatable bonds is 1. The van der Waals surface area contributed by atoms with Crippen LogP contribution in [0.1, 0.15) is 27.2 Å². The van der Waals surface area contributed by atoms with Gasteiger partial charge in [0.05, 0.1) is 19.6 Å². The summed E-state index contributed by atoms with van der Waals surface area (Å²) in [7, 11) is 0. The van der Waals surface area contributed by atoms with Gasteiger partial charge in [0.1, 0.15) is 18.2 Å². The van der Waals surface area contributed by atoms with Gasteiger partial charge in [0.2, 0.25) is 11.9 Å². The molecule has 0 spiro atoms. The van der Waals surface area contributed by atoms with E-state index in [4.69, 9.17) is 16.0 Å². The predicted octanol–water partition coefficient (Wildman–Crippen LogP) is 1.14. The molecule has 0 saturated carbocycles. The highest BCUT2D eigenvalue weighted by atomic mass is 16.6. The van der Waals surface area contributed by atoms with E-state index in [2.05, 4.69) is 4.85 Å². The second-order valence-corrected chi connectivity index (χ2v) is 6.60. The Bertz CT molecular complexity index is 474. The van der Waals surface area contributed by atoms with Crippen molar-refractivity contribution in [2.45, 2.75) is 44.9 Å². The largest absolute Gasteiger partial charge is 0.444 e. The van der Waals surface area contributed by atoms with E-state index >= 15 is 0 Å². The molecule has 0 unspecified atom stereocenters. The molecule has 122 valence electrons. The molecule has 2 saturated heterocycles. The van der Waals surface area contributed by atoms with Crippen LogP contribution in [0, 0.1) is 6.57 Å². The van der Waals surface area contributed by atoms with Crippen LogP contribution in [0.5, 0.6) is 0 Å². The van der Waals surface area contributed by atoms with Crippen molar-refractivity contribution in [3.63, 3.8) is 0 Å². The van der Waals surface area contributed by atoms with Crippen LogP contribution in [0.4, 0.5) is 4.79 Å². The van der Waals surface area contributed by atoms with Crippen LogP contribution >= 0.6 is 0 Å². The summed E-state index contributed by atoms with van der Waals surface area (Å²) in [5.41, 5.74) is -0.625. The lowest BCUT2D eigenvalue weighted by molar-refractivity contribution is -0.140. The van der Waals surface area contributed by atoms with Crippen molar-refractivity contribution in [1.29, 1.82) is 0 Å². The molecule has 0 aromatic carbocycles. The zero-order valence-electron chi connectivity index (χ0n) is 13.4. The molecule has 7 nitrogen and oxygen atoms in total. The lowest BCUT2D eigenvalue weighted by Crippen LogP contribution is -2.51. The van der Waals surface area contributed by atoms with Crippen LogP contribution < -0.4 is 0 Å². The third-order valence-electron chi connectivity index (χ3n) is 3.70. The highest BCUT2D eigenvalue weighted by Gasteiger charge is 2.45. The maximum atomic E-state index is 12.7. The fourth-order valence-electron chi connectivity index (χ4n) is 2.66. The van der Waals surface area contributed by atoms with Gasteiger partial charge in [-0.25, -0.2) is 11.4 Å². The minimum Gasteiger partial charge on any atom is -0.444 e. The number of carbonyl (C=O) groups is 2. The van der Waals surface area contributed by atoms with Gasteiger partial charge in [0.25, 0.3) is 0 Å². The minimum atomic E-state index is -0.625. The number of hydrogen-bond donors (Lipinski definition) is 0. The Morgan fingerprint density at radius 2 is 1.91 bits per heavy atom. The van der Waals surface area contributed by atoms with E-state index in [1.165, 1.54) is 4.90 Å². The Balaban J connectivity index is 2.10. The maximum absolute atomic E-state index is 12.7. The van der Waals surface area contributed by atoms with Crippen LogP contribution in [-0.4, -0.2) is 72.3 Å². The Labute approximate surface area is 131 Å². The molecule has 2 amide bonds. The third kappa shape index (κ3) is 3.89. The summed E-state index contributed by atoms with van der Waals surface area (Å²) in [6, 6.07) is -0.949. The number of nitrogens with zero attached hydrogens (tertiary/aromatic N) is 3. The molecule has 7 heteroatoms. The van der Waals surface area contributed by atoms with E-state index < -0.39 is 17.7 Å². The second-order valence-electron chi connectivity index (χ2n) is 6.60. The Kier molecular flexibility index (Phi) is 4.91. The maximum Gasteiger partial charge on any atom is 0.411 e. The molecule has 2 fully saturated rings. The molecule has 0 aromatic heterocycles. The van der Waals surface area contributed by atoms with Crippen LogP contribution in [0.15, 0.2) is 0 Å². The first-order valence-corrected chi connectivity index (χ1v) is 7.54. The van der Waals surface area contributed by atoms with Gasteiger partial charge in [-0.2, -0.15) is 0 Å². The molecule has 0 aromatic rings. The number of amides is 2. The zero-order valence-corrected chi connectivity index (χ0v) is 13.4. The number of morpholine rings is 1. The third-order valence-corrected chi connectivity index (χ3v) is 3.70. The van der Waals surface area contributed by atoms with Gasteiger partial charge in [-0.3, -0.25) is 9.69 Å². The average molecular weight is 309 g/mol. The van der Waals surface area contributed by atoms with Gasteiger partial charge < -0.3 is 19.2 Å². The van der Waals surface area contributed by atoms with Gasteiger partial charge in [-0.05, 0) is 20.8 Å². The van der Waals surface area contributed by atoms with Crippen molar-refractivity contribution < 1.29 is 19.1 Å². The van der Waals surface area contributed by atoms with Crippen molar-refractivity contribution in [2.75, 3.05) is 32.8 Å². The fraction of sp³-hybridized carbons (Fsp3) is 0.800. The van der Waals surface area contributed by atoms with Crippen molar-refractivity contribution in [3.05, 3.63) is 11.4 Å². The van der Waals surface area contributed by atoms with E-state index in [-0.39, 0.29) is 18.5 Å². The molecule has 0 radical (unpaired) electrons. The van der Waals surface area contributed by atoms with E-state index in [1.54, 1.807) is 25.7 Å². The molecular formula is C15H23N3O4. The summed E-state index contributed by atoms with van der Waals surface area (Å²) in [4.78, 5) is 31.6. The van der Waals surface area contributed by atoms with Crippen LogP contribution in [0.25, 0.3) is 4.85 Å². The molecular weight excluding hydrogens is 286 g/mol. The lowest BCUT2D eigenvalue weighted by atomic mass is 10.1. The van der Waals surface area contributed by atoms with Crippen molar-refractivity contribution in [1.82, 2.24) is 9.80 Å². The van der Waals surface area contributed by atoms with Gasteiger partial charge >= 0.3 is 6.09 Å². The summed E-state index contributed by atoms with van der Waals surface area (Å²) in [6.07, 6.45) is -0.149. The molecule has 2 aliphatic rings. The predicted molar refractivity (Wildman–Crippen MR) is 79.1 cm³/mol. The zero-order chi connectivity index (χ0) is 16.3. The van der Waals surface area contributed by atoms with Crippen molar-refractivity contribution in [3.8, 4) is 0 Å². The Morgan fingerprint density at radius 3 is 2.45 bits per heavy atom. The van der Waals surface area contributed by atoms with E-state index in [9.17, 15) is 9.59 Å².